The Morgan fingerprint density at radius 2 is 1.64 bits per heavy atom. The summed E-state index contributed by atoms with van der Waals surface area (Å²) in [5.74, 6) is 1.11. The average Bonchev–Trinajstić information content (AvgIpc) is 2.62. The highest BCUT2D eigenvalue weighted by Crippen LogP contribution is 2.38. The normalized spacial score (nSPS) is 10.6. The van der Waals surface area contributed by atoms with E-state index in [2.05, 4.69) is 37.2 Å². The van der Waals surface area contributed by atoms with Gasteiger partial charge in [0.1, 0.15) is 0 Å². The number of rotatable bonds is 7. The van der Waals surface area contributed by atoms with Gasteiger partial charge in [-0.15, -0.1) is 0 Å². The molecule has 0 atom stereocenters. The molecule has 7 heteroatoms. The second kappa shape index (κ2) is 8.92. The van der Waals surface area contributed by atoms with Crippen molar-refractivity contribution in [2.24, 2.45) is 0 Å². The highest BCUT2D eigenvalue weighted by molar-refractivity contribution is 9.11. The minimum absolute atomic E-state index is 0.196. The van der Waals surface area contributed by atoms with E-state index in [1.165, 1.54) is 27.4 Å². The maximum atomic E-state index is 12.4. The molecule has 132 valence electrons. The summed E-state index contributed by atoms with van der Waals surface area (Å²) in [6.45, 7) is 0. The van der Waals surface area contributed by atoms with Crippen molar-refractivity contribution in [2.75, 3.05) is 26.6 Å². The summed E-state index contributed by atoms with van der Waals surface area (Å²) >= 11 is 6.85. The molecule has 0 fully saturated rings. The van der Waals surface area contributed by atoms with Gasteiger partial charge in [-0.3, -0.25) is 4.79 Å². The topological polar surface area (TPSA) is 56.8 Å². The number of anilines is 1. The van der Waals surface area contributed by atoms with E-state index >= 15 is 0 Å². The standard InChI is InChI=1S/C18H17Br2NO4/c1-23-16-8-11(9-17(24-2)18(16)25-3)15(22)6-7-21-14-10-12(19)4-5-13(14)20/h4-10,21H,1-3H3/b7-6+. The molecule has 0 unspecified atom stereocenters. The van der Waals surface area contributed by atoms with Crippen molar-refractivity contribution in [3.05, 3.63) is 57.1 Å². The third kappa shape index (κ3) is 4.76. The largest absolute Gasteiger partial charge is 0.493 e. The van der Waals surface area contributed by atoms with Gasteiger partial charge in [0.15, 0.2) is 17.3 Å². The third-order valence-electron chi connectivity index (χ3n) is 3.35. The van der Waals surface area contributed by atoms with E-state index in [0.717, 1.165) is 14.6 Å². The fourth-order valence-electron chi connectivity index (χ4n) is 2.13. The molecule has 0 aliphatic rings. The summed E-state index contributed by atoms with van der Waals surface area (Å²) in [6.07, 6.45) is 3.02. The molecule has 5 nitrogen and oxygen atoms in total. The van der Waals surface area contributed by atoms with E-state index in [9.17, 15) is 4.79 Å². The number of carbonyl (C=O) groups excluding carboxylic acids is 1. The van der Waals surface area contributed by atoms with Gasteiger partial charge in [-0.1, -0.05) is 15.9 Å². The molecule has 0 radical (unpaired) electrons. The van der Waals surface area contributed by atoms with Gasteiger partial charge < -0.3 is 19.5 Å². The predicted octanol–water partition coefficient (Wildman–Crippen LogP) is 5.05. The Balaban J connectivity index is 2.21. The first-order valence-electron chi connectivity index (χ1n) is 7.22. The molecule has 0 aliphatic heterocycles. The van der Waals surface area contributed by atoms with Crippen molar-refractivity contribution in [2.45, 2.75) is 0 Å². The number of allylic oxidation sites excluding steroid dienone is 1. The number of carbonyl (C=O) groups is 1. The van der Waals surface area contributed by atoms with Crippen molar-refractivity contribution < 1.29 is 19.0 Å². The molecule has 2 rings (SSSR count). The Kier molecular flexibility index (Phi) is 6.90. The number of hydrogen-bond acceptors (Lipinski definition) is 5. The molecule has 0 heterocycles. The molecule has 1 N–H and O–H groups in total. The molecule has 2 aromatic rings. The number of ether oxygens (including phenoxy) is 3. The Bertz CT molecular complexity index is 781. The molecule has 0 amide bonds. The van der Waals surface area contributed by atoms with Gasteiger partial charge in [-0.2, -0.15) is 0 Å². The van der Waals surface area contributed by atoms with Crippen LogP contribution in [0, 0.1) is 0 Å². The molecule has 0 bridgehead atoms. The van der Waals surface area contributed by atoms with Crippen molar-refractivity contribution in [1.29, 1.82) is 0 Å². The van der Waals surface area contributed by atoms with Crippen molar-refractivity contribution >= 4 is 43.3 Å². The summed E-state index contributed by atoms with van der Waals surface area (Å²) in [4.78, 5) is 12.4. The first kappa shape index (κ1) is 19.3. The third-order valence-corrected chi connectivity index (χ3v) is 4.54. The molecule has 0 aliphatic carbocycles. The maximum absolute atomic E-state index is 12.4. The van der Waals surface area contributed by atoms with Gasteiger partial charge in [0.05, 0.1) is 27.0 Å². The quantitative estimate of drug-likeness (QED) is 0.453. The second-order valence-electron chi connectivity index (χ2n) is 4.88. The highest BCUT2D eigenvalue weighted by Gasteiger charge is 2.15. The fourth-order valence-corrected chi connectivity index (χ4v) is 2.86. The zero-order chi connectivity index (χ0) is 18.4. The summed E-state index contributed by atoms with van der Waals surface area (Å²) in [5.41, 5.74) is 1.27. The first-order chi connectivity index (χ1) is 12.0. The van der Waals surface area contributed by atoms with Crippen LogP contribution in [0.25, 0.3) is 0 Å². The number of nitrogens with one attached hydrogen (secondary N) is 1. The van der Waals surface area contributed by atoms with Crippen LogP contribution in [0.5, 0.6) is 17.2 Å². The molecule has 0 spiro atoms. The molecule has 0 aromatic heterocycles. The van der Waals surface area contributed by atoms with Crippen LogP contribution in [-0.4, -0.2) is 27.1 Å². The lowest BCUT2D eigenvalue weighted by molar-refractivity contribution is 0.104. The summed E-state index contributed by atoms with van der Waals surface area (Å²) < 4.78 is 17.6. The van der Waals surface area contributed by atoms with Crippen molar-refractivity contribution in [3.8, 4) is 17.2 Å². The number of methoxy groups -OCH3 is 3. The molecular weight excluding hydrogens is 454 g/mol. The molecule has 25 heavy (non-hydrogen) atoms. The number of hydrogen-bond donors (Lipinski definition) is 1. The van der Waals surface area contributed by atoms with Crippen LogP contribution >= 0.6 is 31.9 Å². The van der Waals surface area contributed by atoms with Gasteiger partial charge in [-0.25, -0.2) is 0 Å². The lowest BCUT2D eigenvalue weighted by Gasteiger charge is -2.13. The zero-order valence-corrected chi connectivity index (χ0v) is 17.1. The van der Waals surface area contributed by atoms with E-state index in [1.807, 2.05) is 18.2 Å². The smallest absolute Gasteiger partial charge is 0.203 e. The number of halogens is 2. The summed E-state index contributed by atoms with van der Waals surface area (Å²) in [5, 5.41) is 3.07. The van der Waals surface area contributed by atoms with Gasteiger partial charge in [0.25, 0.3) is 0 Å². The van der Waals surface area contributed by atoms with Crippen LogP contribution in [0.2, 0.25) is 0 Å². The van der Waals surface area contributed by atoms with E-state index in [-0.39, 0.29) is 5.78 Å². The van der Waals surface area contributed by atoms with Crippen molar-refractivity contribution in [1.82, 2.24) is 0 Å². The predicted molar refractivity (Wildman–Crippen MR) is 105 cm³/mol. The second-order valence-corrected chi connectivity index (χ2v) is 6.65. The number of ketones is 1. The van der Waals surface area contributed by atoms with Crippen LogP contribution < -0.4 is 19.5 Å². The van der Waals surface area contributed by atoms with Gasteiger partial charge in [0.2, 0.25) is 5.75 Å². The van der Waals surface area contributed by atoms with Gasteiger partial charge >= 0.3 is 0 Å². The van der Waals surface area contributed by atoms with Crippen LogP contribution in [0.4, 0.5) is 5.69 Å². The minimum Gasteiger partial charge on any atom is -0.493 e. The lowest BCUT2D eigenvalue weighted by atomic mass is 10.1. The van der Waals surface area contributed by atoms with Crippen LogP contribution in [-0.2, 0) is 0 Å². The molecule has 0 saturated carbocycles. The van der Waals surface area contributed by atoms with Crippen molar-refractivity contribution in [3.63, 3.8) is 0 Å². The average molecular weight is 471 g/mol. The summed E-state index contributed by atoms with van der Waals surface area (Å²) in [6, 6.07) is 8.95. The van der Waals surface area contributed by atoms with E-state index in [4.69, 9.17) is 14.2 Å². The Morgan fingerprint density at radius 1 is 1.00 bits per heavy atom. The Morgan fingerprint density at radius 3 is 2.20 bits per heavy atom. The van der Waals surface area contributed by atoms with E-state index in [0.29, 0.717) is 22.8 Å². The van der Waals surface area contributed by atoms with Crippen LogP contribution in [0.1, 0.15) is 10.4 Å². The van der Waals surface area contributed by atoms with Gasteiger partial charge in [0, 0.05) is 26.8 Å². The lowest BCUT2D eigenvalue weighted by Crippen LogP contribution is -2.01. The Hall–Kier alpha value is -1.99. The van der Waals surface area contributed by atoms with Crippen LogP contribution in [0.15, 0.2) is 51.6 Å². The number of benzene rings is 2. The summed E-state index contributed by atoms with van der Waals surface area (Å²) in [7, 11) is 4.53. The maximum Gasteiger partial charge on any atom is 0.203 e. The SMILES string of the molecule is COc1cc(C(=O)/C=C/Nc2cc(Br)ccc2Br)cc(OC)c1OC. The van der Waals surface area contributed by atoms with Crippen LogP contribution in [0.3, 0.4) is 0 Å². The fraction of sp³-hybridized carbons (Fsp3) is 0.167. The van der Waals surface area contributed by atoms with Gasteiger partial charge in [-0.05, 0) is 46.3 Å². The van der Waals surface area contributed by atoms with E-state index in [1.54, 1.807) is 18.3 Å². The Labute approximate surface area is 163 Å². The molecule has 0 saturated heterocycles. The molecule has 2 aromatic carbocycles. The highest BCUT2D eigenvalue weighted by atomic mass is 79.9. The first-order valence-corrected chi connectivity index (χ1v) is 8.81. The van der Waals surface area contributed by atoms with E-state index < -0.39 is 0 Å². The molecular formula is C18H17Br2NO4. The minimum atomic E-state index is -0.196. The zero-order valence-electron chi connectivity index (χ0n) is 13.9. The monoisotopic (exact) mass is 469 g/mol.